The minimum atomic E-state index is -1.11. The molecule has 3 atom stereocenters. The lowest BCUT2D eigenvalue weighted by Crippen LogP contribution is -2.48. The molecule has 0 aromatic heterocycles. The molecule has 0 aliphatic rings. The van der Waals surface area contributed by atoms with Crippen molar-refractivity contribution in [2.24, 2.45) is 0 Å². The summed E-state index contributed by atoms with van der Waals surface area (Å²) in [5.74, 6) is -0.514. The molecule has 4 N–H and O–H groups in total. The summed E-state index contributed by atoms with van der Waals surface area (Å²) in [5, 5.41) is 33.1. The van der Waals surface area contributed by atoms with Crippen molar-refractivity contribution in [3.63, 3.8) is 0 Å². The number of amides is 1. The molecule has 0 rings (SSSR count). The van der Waals surface area contributed by atoms with Gasteiger partial charge in [-0.1, -0.05) is 210 Å². The van der Waals surface area contributed by atoms with Crippen molar-refractivity contribution in [3.05, 3.63) is 48.6 Å². The van der Waals surface area contributed by atoms with Crippen molar-refractivity contribution < 1.29 is 20.1 Å². The zero-order chi connectivity index (χ0) is 38.0. The van der Waals surface area contributed by atoms with E-state index in [-0.39, 0.29) is 6.61 Å². The largest absolute Gasteiger partial charge is 0.394 e. The van der Waals surface area contributed by atoms with Gasteiger partial charge in [0.25, 0.3) is 0 Å². The van der Waals surface area contributed by atoms with Crippen LogP contribution in [-0.4, -0.2) is 46.1 Å². The average molecular weight is 730 g/mol. The van der Waals surface area contributed by atoms with Crippen LogP contribution in [0.4, 0.5) is 0 Å². The maximum absolute atomic E-state index is 12.5. The highest BCUT2D eigenvalue weighted by Gasteiger charge is 2.22. The molecule has 0 radical (unpaired) electrons. The highest BCUT2D eigenvalue weighted by atomic mass is 16.3. The number of carbonyl (C=O) groups excluding carboxylic acids is 1. The van der Waals surface area contributed by atoms with Crippen molar-refractivity contribution in [2.45, 2.75) is 238 Å². The van der Waals surface area contributed by atoms with Crippen molar-refractivity contribution >= 4 is 5.91 Å². The van der Waals surface area contributed by atoms with Gasteiger partial charge in [-0.05, 0) is 57.8 Å². The predicted molar refractivity (Wildman–Crippen MR) is 227 cm³/mol. The van der Waals surface area contributed by atoms with Crippen molar-refractivity contribution in [1.29, 1.82) is 0 Å². The quantitative estimate of drug-likeness (QED) is 0.0373. The Hall–Kier alpha value is -1.69. The van der Waals surface area contributed by atoms with Crippen LogP contribution in [0, 0.1) is 0 Å². The Morgan fingerprint density at radius 3 is 1.38 bits per heavy atom. The molecular weight excluding hydrogens is 643 g/mol. The van der Waals surface area contributed by atoms with Gasteiger partial charge >= 0.3 is 0 Å². The Balaban J connectivity index is 3.70. The van der Waals surface area contributed by atoms with Gasteiger partial charge in [0.15, 0.2) is 0 Å². The number of nitrogens with one attached hydrogen (secondary N) is 1. The van der Waals surface area contributed by atoms with Crippen LogP contribution in [0.3, 0.4) is 0 Å². The van der Waals surface area contributed by atoms with Crippen LogP contribution >= 0.6 is 0 Å². The number of rotatable bonds is 40. The smallest absolute Gasteiger partial charge is 0.249 e. The van der Waals surface area contributed by atoms with Crippen LogP contribution in [0.15, 0.2) is 48.6 Å². The zero-order valence-corrected chi connectivity index (χ0v) is 34.4. The number of hydrogen-bond acceptors (Lipinski definition) is 4. The molecule has 0 aliphatic carbocycles. The molecule has 5 nitrogen and oxygen atoms in total. The second-order valence-electron chi connectivity index (χ2n) is 15.2. The number of allylic oxidation sites excluding steroid dienone is 7. The molecule has 0 aromatic carbocycles. The van der Waals surface area contributed by atoms with Gasteiger partial charge in [0.05, 0.1) is 18.8 Å². The maximum Gasteiger partial charge on any atom is 0.249 e. The summed E-state index contributed by atoms with van der Waals surface area (Å²) in [5.41, 5.74) is 0. The Morgan fingerprint density at radius 2 is 0.904 bits per heavy atom. The summed E-state index contributed by atoms with van der Waals surface area (Å²) in [4.78, 5) is 12.5. The SMILES string of the molecule is CC/C=C\C/C=C\CCCCCCCCCCCCCCCC(O)C(=O)NC(CO)C(O)/C=C/CC/C=C/CCCCCCCCCCCCCC. The van der Waals surface area contributed by atoms with E-state index < -0.39 is 24.2 Å². The lowest BCUT2D eigenvalue weighted by atomic mass is 10.0. The lowest BCUT2D eigenvalue weighted by molar-refractivity contribution is -0.131. The van der Waals surface area contributed by atoms with Crippen LogP contribution in [0.2, 0.25) is 0 Å². The molecule has 0 aromatic rings. The normalized spacial score (nSPS) is 14.0. The maximum atomic E-state index is 12.5. The van der Waals surface area contributed by atoms with E-state index in [1.165, 1.54) is 148 Å². The number of carbonyl (C=O) groups is 1. The number of hydrogen-bond donors (Lipinski definition) is 4. The fourth-order valence-corrected chi connectivity index (χ4v) is 6.65. The lowest BCUT2D eigenvalue weighted by Gasteiger charge is -2.21. The second-order valence-corrected chi connectivity index (χ2v) is 15.2. The highest BCUT2D eigenvalue weighted by Crippen LogP contribution is 2.15. The Bertz CT molecular complexity index is 850. The molecule has 3 unspecified atom stereocenters. The number of unbranched alkanes of at least 4 members (excludes halogenated alkanes) is 26. The molecule has 0 saturated heterocycles. The van der Waals surface area contributed by atoms with Crippen LogP contribution in [0.25, 0.3) is 0 Å². The average Bonchev–Trinajstić information content (AvgIpc) is 3.15. The summed E-state index contributed by atoms with van der Waals surface area (Å²) in [6.07, 6.45) is 54.3. The summed E-state index contributed by atoms with van der Waals surface area (Å²) in [6, 6.07) is -0.815. The number of aliphatic hydroxyl groups excluding tert-OH is 3. The summed E-state index contributed by atoms with van der Waals surface area (Å²) < 4.78 is 0. The molecule has 0 fully saturated rings. The third-order valence-electron chi connectivity index (χ3n) is 10.2. The fraction of sp³-hybridized carbons (Fsp3) is 0.809. The molecular formula is C47H87NO4. The van der Waals surface area contributed by atoms with Gasteiger partial charge in [-0.15, -0.1) is 0 Å². The number of aliphatic hydroxyl groups is 3. The van der Waals surface area contributed by atoms with E-state index in [2.05, 4.69) is 55.6 Å². The molecule has 5 heteroatoms. The topological polar surface area (TPSA) is 89.8 Å². The molecule has 0 aliphatic heterocycles. The second kappa shape index (κ2) is 42.1. The van der Waals surface area contributed by atoms with Gasteiger partial charge in [-0.2, -0.15) is 0 Å². The molecule has 0 heterocycles. The van der Waals surface area contributed by atoms with Crippen LogP contribution in [0.5, 0.6) is 0 Å². The van der Waals surface area contributed by atoms with Crippen molar-refractivity contribution in [1.82, 2.24) is 5.32 Å². The first kappa shape index (κ1) is 50.3. The molecule has 0 bridgehead atoms. The molecule has 0 saturated carbocycles. The minimum Gasteiger partial charge on any atom is -0.394 e. The van der Waals surface area contributed by atoms with E-state index in [1.807, 2.05) is 6.08 Å². The highest BCUT2D eigenvalue weighted by molar-refractivity contribution is 5.80. The standard InChI is InChI=1S/C47H87NO4/c1-3-5-7-9-11-13-15-17-19-21-23-24-26-28-30-32-34-36-38-40-42-46(51)47(52)48-44(43-49)45(50)41-39-37-35-33-31-29-27-25-22-20-18-16-14-12-10-8-6-4-2/h5,7,11,13,31,33,39,41,44-46,49-51H,3-4,6,8-10,12,14-30,32,34-38,40,42-43H2,1-2H3,(H,48,52)/b7-5-,13-11-,33-31+,41-39+. The van der Waals surface area contributed by atoms with Gasteiger partial charge in [-0.25, -0.2) is 0 Å². The summed E-state index contributed by atoms with van der Waals surface area (Å²) in [6.45, 7) is 4.07. The first-order chi connectivity index (χ1) is 25.6. The molecule has 304 valence electrons. The van der Waals surface area contributed by atoms with Gasteiger partial charge in [0, 0.05) is 0 Å². The minimum absolute atomic E-state index is 0.377. The Labute approximate surface area is 323 Å². The third-order valence-corrected chi connectivity index (χ3v) is 10.2. The van der Waals surface area contributed by atoms with E-state index in [0.29, 0.717) is 6.42 Å². The monoisotopic (exact) mass is 730 g/mol. The van der Waals surface area contributed by atoms with Crippen LogP contribution in [0.1, 0.15) is 219 Å². The van der Waals surface area contributed by atoms with Gasteiger partial charge in [0.1, 0.15) is 6.10 Å². The fourth-order valence-electron chi connectivity index (χ4n) is 6.65. The summed E-state index contributed by atoms with van der Waals surface area (Å²) in [7, 11) is 0. The molecule has 0 spiro atoms. The first-order valence-electron chi connectivity index (χ1n) is 22.5. The third kappa shape index (κ3) is 36.7. The van der Waals surface area contributed by atoms with E-state index >= 15 is 0 Å². The summed E-state index contributed by atoms with van der Waals surface area (Å²) >= 11 is 0. The Kier molecular flexibility index (Phi) is 40.7. The van der Waals surface area contributed by atoms with E-state index in [1.54, 1.807) is 6.08 Å². The van der Waals surface area contributed by atoms with Crippen LogP contribution in [-0.2, 0) is 4.79 Å². The van der Waals surface area contributed by atoms with Crippen LogP contribution < -0.4 is 5.32 Å². The zero-order valence-electron chi connectivity index (χ0n) is 34.4. The first-order valence-corrected chi connectivity index (χ1v) is 22.5. The van der Waals surface area contributed by atoms with Gasteiger partial charge < -0.3 is 20.6 Å². The Morgan fingerprint density at radius 1 is 0.500 bits per heavy atom. The molecule has 1 amide bonds. The predicted octanol–water partition coefficient (Wildman–Crippen LogP) is 12.9. The van der Waals surface area contributed by atoms with Gasteiger partial charge in [-0.3, -0.25) is 4.79 Å². The van der Waals surface area contributed by atoms with E-state index in [4.69, 9.17) is 0 Å². The van der Waals surface area contributed by atoms with Crippen molar-refractivity contribution in [3.8, 4) is 0 Å². The van der Waals surface area contributed by atoms with E-state index in [0.717, 1.165) is 51.4 Å². The van der Waals surface area contributed by atoms with Gasteiger partial charge in [0.2, 0.25) is 5.91 Å². The molecule has 52 heavy (non-hydrogen) atoms. The van der Waals surface area contributed by atoms with Crippen molar-refractivity contribution in [2.75, 3.05) is 6.61 Å². The van der Waals surface area contributed by atoms with E-state index in [9.17, 15) is 20.1 Å².